The third kappa shape index (κ3) is 2.41. The SMILES string of the molecule is OC[C@H]1O[C@@H]2SC(N3CCC(F)(F)C3)=N[C@@H]2[C@@H](O)[C@H]1O. The van der Waals surface area contributed by atoms with E-state index >= 15 is 0 Å². The van der Waals surface area contributed by atoms with E-state index in [0.29, 0.717) is 5.17 Å². The van der Waals surface area contributed by atoms with Gasteiger partial charge in [0.05, 0.1) is 13.2 Å². The maximum atomic E-state index is 13.2. The number of aliphatic hydroxyl groups is 3. The number of ether oxygens (including phenoxy) is 1. The number of likely N-dealkylation sites (tertiary alicyclic amines) is 1. The maximum absolute atomic E-state index is 13.2. The molecule has 2 saturated heterocycles. The average Bonchev–Trinajstić information content (AvgIpc) is 2.97. The molecule has 0 radical (unpaired) electrons. The highest BCUT2D eigenvalue weighted by Crippen LogP contribution is 2.39. The largest absolute Gasteiger partial charge is 0.394 e. The summed E-state index contributed by atoms with van der Waals surface area (Å²) in [5.74, 6) is -2.72. The van der Waals surface area contributed by atoms with Crippen LogP contribution >= 0.6 is 11.8 Å². The Bertz CT molecular complexity index is 425. The zero-order chi connectivity index (χ0) is 14.5. The van der Waals surface area contributed by atoms with E-state index in [1.165, 1.54) is 4.90 Å². The van der Waals surface area contributed by atoms with E-state index in [9.17, 15) is 19.0 Å². The van der Waals surface area contributed by atoms with E-state index in [0.717, 1.165) is 11.8 Å². The zero-order valence-corrected chi connectivity index (χ0v) is 11.3. The van der Waals surface area contributed by atoms with Crippen LogP contribution in [0.2, 0.25) is 0 Å². The lowest BCUT2D eigenvalue weighted by molar-refractivity contribution is -0.164. The number of fused-ring (bicyclic) bond motifs is 1. The molecule has 0 aromatic heterocycles. The number of rotatable bonds is 1. The van der Waals surface area contributed by atoms with Crippen molar-refractivity contribution in [2.75, 3.05) is 19.7 Å². The highest BCUT2D eigenvalue weighted by atomic mass is 32.2. The fourth-order valence-electron chi connectivity index (χ4n) is 2.62. The molecule has 5 atom stereocenters. The van der Waals surface area contributed by atoms with Gasteiger partial charge in [0.1, 0.15) is 29.8 Å². The first kappa shape index (κ1) is 14.5. The van der Waals surface area contributed by atoms with Crippen molar-refractivity contribution in [2.45, 2.75) is 42.1 Å². The first-order valence-corrected chi connectivity index (χ1v) is 7.29. The molecule has 0 aromatic rings. The topological polar surface area (TPSA) is 85.5 Å². The smallest absolute Gasteiger partial charge is 0.267 e. The second-order valence-corrected chi connectivity index (χ2v) is 6.32. The monoisotopic (exact) mass is 310 g/mol. The normalized spacial score (nSPS) is 43.5. The van der Waals surface area contributed by atoms with Gasteiger partial charge in [0, 0.05) is 13.0 Å². The van der Waals surface area contributed by atoms with Crippen molar-refractivity contribution >= 4 is 16.9 Å². The van der Waals surface area contributed by atoms with Gasteiger partial charge in [0.2, 0.25) is 0 Å². The van der Waals surface area contributed by atoms with E-state index in [2.05, 4.69) is 4.99 Å². The molecule has 2 fully saturated rings. The van der Waals surface area contributed by atoms with Crippen molar-refractivity contribution < 1.29 is 28.8 Å². The number of aliphatic hydroxyl groups excluding tert-OH is 3. The minimum Gasteiger partial charge on any atom is -0.394 e. The molecule has 6 nitrogen and oxygen atoms in total. The molecule has 0 aromatic carbocycles. The molecular weight excluding hydrogens is 294 g/mol. The summed E-state index contributed by atoms with van der Waals surface area (Å²) in [6, 6.07) is -0.693. The fraction of sp³-hybridized carbons (Fsp3) is 0.909. The van der Waals surface area contributed by atoms with E-state index in [1.807, 2.05) is 0 Å². The summed E-state index contributed by atoms with van der Waals surface area (Å²) in [4.78, 5) is 5.68. The summed E-state index contributed by atoms with van der Waals surface area (Å²) in [5, 5.41) is 29.3. The van der Waals surface area contributed by atoms with Gasteiger partial charge in [-0.3, -0.25) is 4.99 Å². The van der Waals surface area contributed by atoms with Gasteiger partial charge in [-0.1, -0.05) is 11.8 Å². The maximum Gasteiger partial charge on any atom is 0.267 e. The number of alkyl halides is 2. The Morgan fingerprint density at radius 3 is 2.75 bits per heavy atom. The molecule has 20 heavy (non-hydrogen) atoms. The third-order valence-electron chi connectivity index (χ3n) is 3.77. The highest BCUT2D eigenvalue weighted by molar-refractivity contribution is 8.14. The standard InChI is InChI=1S/C11H16F2N2O4S/c12-11(13)1-2-15(4-11)10-14-6-8(18)7(17)5(3-16)19-9(6)20-10/h5-9,16-18H,1-4H2/t5-,6-,7+,8-,9-/m1/s1. The molecule has 3 aliphatic heterocycles. The number of aliphatic imine (C=N–C) groups is 1. The minimum atomic E-state index is -2.72. The Balaban J connectivity index is 1.73. The average molecular weight is 310 g/mol. The van der Waals surface area contributed by atoms with Crippen molar-refractivity contribution in [3.63, 3.8) is 0 Å². The molecular formula is C11H16F2N2O4S. The van der Waals surface area contributed by atoms with Gasteiger partial charge in [0.25, 0.3) is 5.92 Å². The van der Waals surface area contributed by atoms with Crippen LogP contribution in [0.25, 0.3) is 0 Å². The summed E-state index contributed by atoms with van der Waals surface area (Å²) >= 11 is 1.16. The number of hydrogen-bond donors (Lipinski definition) is 3. The van der Waals surface area contributed by atoms with Crippen LogP contribution in [-0.4, -0.2) is 80.8 Å². The predicted molar refractivity (Wildman–Crippen MR) is 67.7 cm³/mol. The Morgan fingerprint density at radius 1 is 1.40 bits per heavy atom. The van der Waals surface area contributed by atoms with Crippen molar-refractivity contribution in [3.8, 4) is 0 Å². The summed E-state index contributed by atoms with van der Waals surface area (Å²) in [6.45, 7) is -0.597. The molecule has 3 N–H and O–H groups in total. The Kier molecular flexibility index (Phi) is 3.66. The lowest BCUT2D eigenvalue weighted by Gasteiger charge is -2.37. The lowest BCUT2D eigenvalue weighted by Crippen LogP contribution is -2.55. The van der Waals surface area contributed by atoms with Crippen LogP contribution in [0.15, 0.2) is 4.99 Å². The third-order valence-corrected chi connectivity index (χ3v) is 4.97. The number of nitrogens with zero attached hydrogens (tertiary/aromatic N) is 2. The second-order valence-electron chi connectivity index (χ2n) is 5.25. The molecule has 3 rings (SSSR count). The first-order valence-electron chi connectivity index (χ1n) is 6.41. The first-order chi connectivity index (χ1) is 9.41. The molecule has 0 aliphatic carbocycles. The van der Waals surface area contributed by atoms with Gasteiger partial charge < -0.3 is 25.0 Å². The number of thioether (sulfide) groups is 1. The van der Waals surface area contributed by atoms with Crippen LogP contribution in [-0.2, 0) is 4.74 Å². The lowest BCUT2D eigenvalue weighted by atomic mass is 9.99. The Hall–Kier alpha value is -0.480. The van der Waals surface area contributed by atoms with E-state index in [4.69, 9.17) is 9.84 Å². The van der Waals surface area contributed by atoms with Crippen LogP contribution in [0, 0.1) is 0 Å². The molecule has 0 amide bonds. The molecule has 3 heterocycles. The summed E-state index contributed by atoms with van der Waals surface area (Å²) in [5.41, 5.74) is -0.560. The van der Waals surface area contributed by atoms with Crippen LogP contribution in [0.4, 0.5) is 8.78 Å². The summed E-state index contributed by atoms with van der Waals surface area (Å²) in [7, 11) is 0. The molecule has 0 bridgehead atoms. The van der Waals surface area contributed by atoms with E-state index < -0.39 is 42.3 Å². The summed E-state index contributed by atoms with van der Waals surface area (Å²) < 4.78 is 31.9. The van der Waals surface area contributed by atoms with Gasteiger partial charge >= 0.3 is 0 Å². The molecule has 0 saturated carbocycles. The fourth-order valence-corrected chi connectivity index (χ4v) is 3.87. The van der Waals surface area contributed by atoms with Crippen molar-refractivity contribution in [2.24, 2.45) is 4.99 Å². The summed E-state index contributed by atoms with van der Waals surface area (Å²) in [6.07, 6.45) is -3.50. The quantitative estimate of drug-likeness (QED) is 0.590. The van der Waals surface area contributed by atoms with Crippen LogP contribution in [0.3, 0.4) is 0 Å². The van der Waals surface area contributed by atoms with E-state index in [-0.39, 0.29) is 19.5 Å². The molecule has 0 unspecified atom stereocenters. The highest BCUT2D eigenvalue weighted by Gasteiger charge is 2.50. The number of hydrogen-bond acceptors (Lipinski definition) is 7. The van der Waals surface area contributed by atoms with Crippen molar-refractivity contribution in [1.29, 1.82) is 0 Å². The molecule has 3 aliphatic rings. The van der Waals surface area contributed by atoms with Gasteiger partial charge in [-0.2, -0.15) is 0 Å². The van der Waals surface area contributed by atoms with Crippen LogP contribution < -0.4 is 0 Å². The molecule has 9 heteroatoms. The van der Waals surface area contributed by atoms with Gasteiger partial charge in [-0.25, -0.2) is 8.78 Å². The predicted octanol–water partition coefficient (Wildman–Crippen LogP) is -0.762. The zero-order valence-electron chi connectivity index (χ0n) is 10.5. The van der Waals surface area contributed by atoms with Crippen LogP contribution in [0.1, 0.15) is 6.42 Å². The van der Waals surface area contributed by atoms with Gasteiger partial charge in [-0.15, -0.1) is 0 Å². The van der Waals surface area contributed by atoms with Gasteiger partial charge in [-0.05, 0) is 0 Å². The Morgan fingerprint density at radius 2 is 2.15 bits per heavy atom. The number of halogens is 2. The van der Waals surface area contributed by atoms with Crippen LogP contribution in [0.5, 0.6) is 0 Å². The van der Waals surface area contributed by atoms with Crippen molar-refractivity contribution in [1.82, 2.24) is 4.90 Å². The van der Waals surface area contributed by atoms with Crippen molar-refractivity contribution in [3.05, 3.63) is 0 Å². The molecule has 0 spiro atoms. The second kappa shape index (κ2) is 5.06. The van der Waals surface area contributed by atoms with Gasteiger partial charge in [0.15, 0.2) is 5.17 Å². The number of amidine groups is 1. The van der Waals surface area contributed by atoms with E-state index in [1.54, 1.807) is 0 Å². The minimum absolute atomic E-state index is 0.209. The Labute approximate surface area is 118 Å². The molecule has 114 valence electrons.